The van der Waals surface area contributed by atoms with Gasteiger partial charge in [0.2, 0.25) is 5.60 Å². The van der Waals surface area contributed by atoms with Crippen molar-refractivity contribution in [3.8, 4) is 11.3 Å². The summed E-state index contributed by atoms with van der Waals surface area (Å²) in [5, 5.41) is 1.60. The minimum absolute atomic E-state index is 0.260. The maximum atomic E-state index is 13.4. The fraction of sp³-hybridized carbons (Fsp3) is 0.258. The standard InChI is InChI=1S/C31H26F3NO4/c1-28(2,21-12-6-4-7-13-21)35-26(30(22-14-8-5-9-15-22)29(3,39-30)27(36)38-35)25-18-17-24(37-25)20-11-10-16-23(19-20)31(32,33)34/h4-19,26H,1-3H3/t26-,29+,30-/m0/s1. The number of nitrogens with zero attached hydrogens (tertiary/aromatic N) is 1. The molecule has 6 rings (SSSR count). The molecule has 39 heavy (non-hydrogen) atoms. The minimum Gasteiger partial charge on any atom is -0.459 e. The minimum atomic E-state index is -4.49. The average molecular weight is 534 g/mol. The summed E-state index contributed by atoms with van der Waals surface area (Å²) in [6, 6.07) is 26.6. The van der Waals surface area contributed by atoms with Crippen molar-refractivity contribution in [2.75, 3.05) is 0 Å². The zero-order chi connectivity index (χ0) is 27.6. The highest BCUT2D eigenvalue weighted by atomic mass is 19.4. The Morgan fingerprint density at radius 3 is 2.13 bits per heavy atom. The molecule has 4 aromatic rings. The van der Waals surface area contributed by atoms with Gasteiger partial charge in [-0.05, 0) is 56.2 Å². The number of epoxide rings is 1. The molecule has 0 amide bonds. The lowest BCUT2D eigenvalue weighted by Gasteiger charge is -2.46. The molecule has 3 atom stereocenters. The Balaban J connectivity index is 1.52. The number of ether oxygens (including phenoxy) is 1. The highest BCUT2D eigenvalue weighted by molar-refractivity contribution is 5.86. The van der Waals surface area contributed by atoms with Crippen molar-refractivity contribution in [2.45, 2.75) is 49.7 Å². The van der Waals surface area contributed by atoms with Gasteiger partial charge in [-0.1, -0.05) is 72.8 Å². The number of hydrogen-bond acceptors (Lipinski definition) is 5. The van der Waals surface area contributed by atoms with Crippen LogP contribution in [0.5, 0.6) is 0 Å². The van der Waals surface area contributed by atoms with Gasteiger partial charge in [-0.2, -0.15) is 13.2 Å². The van der Waals surface area contributed by atoms with Gasteiger partial charge in [-0.25, -0.2) is 4.79 Å². The number of furan rings is 1. The van der Waals surface area contributed by atoms with Crippen LogP contribution in [0.15, 0.2) is 101 Å². The van der Waals surface area contributed by atoms with Crippen LogP contribution in [0.25, 0.3) is 11.3 Å². The fourth-order valence-electron chi connectivity index (χ4n) is 5.61. The highest BCUT2D eigenvalue weighted by Crippen LogP contribution is 2.68. The number of rotatable bonds is 5. The number of carbonyl (C=O) groups is 1. The quantitative estimate of drug-likeness (QED) is 0.250. The van der Waals surface area contributed by atoms with E-state index in [4.69, 9.17) is 14.0 Å². The first-order chi connectivity index (χ1) is 18.5. The zero-order valence-electron chi connectivity index (χ0n) is 21.5. The normalized spacial score (nSPS) is 25.2. The van der Waals surface area contributed by atoms with Gasteiger partial charge >= 0.3 is 12.1 Å². The van der Waals surface area contributed by atoms with E-state index in [9.17, 15) is 18.0 Å². The van der Waals surface area contributed by atoms with Gasteiger partial charge in [-0.3, -0.25) is 0 Å². The van der Waals surface area contributed by atoms with Crippen molar-refractivity contribution in [1.29, 1.82) is 0 Å². The summed E-state index contributed by atoms with van der Waals surface area (Å²) >= 11 is 0. The number of halogens is 3. The predicted molar refractivity (Wildman–Crippen MR) is 137 cm³/mol. The fourth-order valence-corrected chi connectivity index (χ4v) is 5.61. The summed E-state index contributed by atoms with van der Waals surface area (Å²) in [6.45, 7) is 5.56. The molecular weight excluding hydrogens is 507 g/mol. The molecule has 0 unspecified atom stereocenters. The van der Waals surface area contributed by atoms with Crippen molar-refractivity contribution in [1.82, 2.24) is 5.06 Å². The first kappa shape index (κ1) is 25.4. The lowest BCUT2D eigenvalue weighted by atomic mass is 9.77. The molecule has 2 saturated heterocycles. The van der Waals surface area contributed by atoms with Crippen LogP contribution < -0.4 is 0 Å². The van der Waals surface area contributed by atoms with Gasteiger partial charge in [0, 0.05) is 5.56 Å². The molecule has 200 valence electrons. The van der Waals surface area contributed by atoms with Crippen molar-refractivity contribution in [3.63, 3.8) is 0 Å². The van der Waals surface area contributed by atoms with Gasteiger partial charge in [-0.15, -0.1) is 5.06 Å². The molecule has 3 aromatic carbocycles. The number of hydroxylamine groups is 2. The van der Waals surface area contributed by atoms with E-state index in [1.165, 1.54) is 6.07 Å². The van der Waals surface area contributed by atoms with E-state index in [-0.39, 0.29) is 11.3 Å². The zero-order valence-corrected chi connectivity index (χ0v) is 21.5. The molecule has 5 nitrogen and oxygen atoms in total. The molecular formula is C31H26F3NO4. The molecule has 8 heteroatoms. The van der Waals surface area contributed by atoms with Gasteiger partial charge in [0.15, 0.2) is 5.60 Å². The third kappa shape index (κ3) is 3.81. The van der Waals surface area contributed by atoms with E-state index in [0.717, 1.165) is 23.3 Å². The Morgan fingerprint density at radius 2 is 1.46 bits per heavy atom. The first-order valence-electron chi connectivity index (χ1n) is 12.6. The molecule has 3 heterocycles. The van der Waals surface area contributed by atoms with E-state index in [1.807, 2.05) is 74.5 Å². The van der Waals surface area contributed by atoms with Crippen LogP contribution >= 0.6 is 0 Å². The van der Waals surface area contributed by atoms with E-state index >= 15 is 0 Å². The Hall–Kier alpha value is -3.88. The molecule has 0 aliphatic carbocycles. The molecule has 0 N–H and O–H groups in total. The summed E-state index contributed by atoms with van der Waals surface area (Å²) in [5.74, 6) is 0.124. The van der Waals surface area contributed by atoms with E-state index in [1.54, 1.807) is 30.2 Å². The summed E-state index contributed by atoms with van der Waals surface area (Å²) in [5.41, 5.74) is -2.11. The Bertz CT molecular complexity index is 1530. The van der Waals surface area contributed by atoms with E-state index in [0.29, 0.717) is 5.76 Å². The third-order valence-corrected chi connectivity index (χ3v) is 7.83. The number of carbonyl (C=O) groups excluding carboxylic acids is 1. The lowest BCUT2D eigenvalue weighted by Crippen LogP contribution is -2.56. The second kappa shape index (κ2) is 8.56. The van der Waals surface area contributed by atoms with Crippen molar-refractivity contribution < 1.29 is 32.0 Å². The molecule has 0 spiro atoms. The van der Waals surface area contributed by atoms with Crippen LogP contribution in [0.1, 0.15) is 49.3 Å². The Kier molecular flexibility index (Phi) is 5.58. The lowest BCUT2D eigenvalue weighted by molar-refractivity contribution is -0.261. The molecule has 0 saturated carbocycles. The Labute approximate surface area is 223 Å². The molecule has 2 aliphatic rings. The summed E-state index contributed by atoms with van der Waals surface area (Å²) < 4.78 is 52.8. The van der Waals surface area contributed by atoms with Crippen molar-refractivity contribution in [3.05, 3.63) is 120 Å². The molecule has 1 aromatic heterocycles. The molecule has 0 bridgehead atoms. The maximum Gasteiger partial charge on any atom is 0.416 e. The van der Waals surface area contributed by atoms with Crippen LogP contribution in [0.4, 0.5) is 13.2 Å². The summed E-state index contributed by atoms with van der Waals surface area (Å²) in [7, 11) is 0. The van der Waals surface area contributed by atoms with Crippen LogP contribution in [0.3, 0.4) is 0 Å². The van der Waals surface area contributed by atoms with Crippen LogP contribution in [-0.2, 0) is 31.7 Å². The van der Waals surface area contributed by atoms with Gasteiger partial charge < -0.3 is 14.0 Å². The SMILES string of the molecule is CC(C)(c1ccccc1)N1OC(=O)[C@@]2(C)O[C@@]2(c2ccccc2)[C@@H]1c1ccc(-c2cccc(C(F)(F)F)c2)o1. The molecule has 0 radical (unpaired) electrons. The molecule has 2 fully saturated rings. The topological polar surface area (TPSA) is 55.2 Å². The highest BCUT2D eigenvalue weighted by Gasteiger charge is 2.82. The van der Waals surface area contributed by atoms with Crippen LogP contribution in [0.2, 0.25) is 0 Å². The number of hydrogen-bond donors (Lipinski definition) is 0. The number of fused-ring (bicyclic) bond motifs is 1. The van der Waals surface area contributed by atoms with Gasteiger partial charge in [0.25, 0.3) is 0 Å². The predicted octanol–water partition coefficient (Wildman–Crippen LogP) is 7.40. The summed E-state index contributed by atoms with van der Waals surface area (Å²) in [4.78, 5) is 19.4. The maximum absolute atomic E-state index is 13.4. The monoisotopic (exact) mass is 533 g/mol. The smallest absolute Gasteiger partial charge is 0.416 e. The third-order valence-electron chi connectivity index (χ3n) is 7.83. The average Bonchev–Trinajstić information content (AvgIpc) is 3.33. The largest absolute Gasteiger partial charge is 0.459 e. The van der Waals surface area contributed by atoms with Crippen LogP contribution in [-0.4, -0.2) is 16.6 Å². The van der Waals surface area contributed by atoms with Crippen molar-refractivity contribution in [2.24, 2.45) is 0 Å². The van der Waals surface area contributed by atoms with E-state index < -0.39 is 40.5 Å². The van der Waals surface area contributed by atoms with E-state index in [2.05, 4.69) is 0 Å². The van der Waals surface area contributed by atoms with Crippen molar-refractivity contribution >= 4 is 5.97 Å². The van der Waals surface area contributed by atoms with Gasteiger partial charge in [0.05, 0.1) is 11.1 Å². The number of alkyl halides is 3. The number of benzene rings is 3. The first-order valence-corrected chi connectivity index (χ1v) is 12.6. The molecule has 2 aliphatic heterocycles. The van der Waals surface area contributed by atoms with Crippen LogP contribution in [0, 0.1) is 0 Å². The van der Waals surface area contributed by atoms with Gasteiger partial charge in [0.1, 0.15) is 17.6 Å². The summed E-state index contributed by atoms with van der Waals surface area (Å²) in [6.07, 6.45) is -4.49. The second-order valence-electron chi connectivity index (χ2n) is 10.5. The second-order valence-corrected chi connectivity index (χ2v) is 10.5. The Morgan fingerprint density at radius 1 is 0.821 bits per heavy atom.